The maximum atomic E-state index is 11.4. The molecule has 1 aliphatic rings. The van der Waals surface area contributed by atoms with E-state index in [1.165, 1.54) is 0 Å². The van der Waals surface area contributed by atoms with Crippen LogP contribution in [0.5, 0.6) is 0 Å². The van der Waals surface area contributed by atoms with Crippen LogP contribution in [0.4, 0.5) is 0 Å². The average Bonchev–Trinajstić information content (AvgIpc) is 3.00. The summed E-state index contributed by atoms with van der Waals surface area (Å²) in [7, 11) is 0. The van der Waals surface area contributed by atoms with E-state index < -0.39 is 0 Å². The van der Waals surface area contributed by atoms with E-state index in [4.69, 9.17) is 0 Å². The van der Waals surface area contributed by atoms with Gasteiger partial charge < -0.3 is 5.32 Å². The van der Waals surface area contributed by atoms with Crippen molar-refractivity contribution in [1.29, 1.82) is 0 Å². The van der Waals surface area contributed by atoms with Gasteiger partial charge in [0, 0.05) is 18.7 Å². The molecular formula is C10H14BrN3O. The van der Waals surface area contributed by atoms with Crippen molar-refractivity contribution in [2.75, 3.05) is 0 Å². The topological polar surface area (TPSA) is 46.9 Å². The molecule has 0 unspecified atom stereocenters. The van der Waals surface area contributed by atoms with Crippen LogP contribution < -0.4 is 5.32 Å². The number of hydrogen-bond donors (Lipinski definition) is 1. The molecule has 1 aromatic rings. The van der Waals surface area contributed by atoms with Gasteiger partial charge in [-0.05, 0) is 35.7 Å². The summed E-state index contributed by atoms with van der Waals surface area (Å²) in [5.74, 6) is 0.421. The zero-order chi connectivity index (χ0) is 10.8. The van der Waals surface area contributed by atoms with Gasteiger partial charge in [-0.15, -0.1) is 0 Å². The molecule has 1 N–H and O–H groups in total. The normalized spacial score (nSPS) is 15.3. The van der Waals surface area contributed by atoms with Crippen molar-refractivity contribution in [1.82, 2.24) is 15.1 Å². The van der Waals surface area contributed by atoms with Crippen LogP contribution in [-0.4, -0.2) is 15.7 Å². The van der Waals surface area contributed by atoms with Gasteiger partial charge in [0.2, 0.25) is 5.91 Å². The number of aromatic nitrogens is 2. The largest absolute Gasteiger partial charge is 0.350 e. The summed E-state index contributed by atoms with van der Waals surface area (Å²) < 4.78 is 2.81. The predicted octanol–water partition coefficient (Wildman–Crippen LogP) is 1.69. The fourth-order valence-corrected chi connectivity index (χ4v) is 1.84. The smallest absolute Gasteiger partial charge is 0.223 e. The summed E-state index contributed by atoms with van der Waals surface area (Å²) in [6.07, 6.45) is 4.01. The monoisotopic (exact) mass is 271 g/mol. The van der Waals surface area contributed by atoms with Gasteiger partial charge in [0.1, 0.15) is 0 Å². The van der Waals surface area contributed by atoms with Crippen molar-refractivity contribution in [2.24, 2.45) is 5.92 Å². The molecule has 2 rings (SSSR count). The van der Waals surface area contributed by atoms with Crippen LogP contribution in [0.3, 0.4) is 0 Å². The van der Waals surface area contributed by atoms with Crippen molar-refractivity contribution in [3.63, 3.8) is 0 Å². The third-order valence-corrected chi connectivity index (χ3v) is 3.15. The summed E-state index contributed by atoms with van der Waals surface area (Å²) in [6.45, 7) is 3.39. The highest BCUT2D eigenvalue weighted by atomic mass is 79.9. The summed E-state index contributed by atoms with van der Waals surface area (Å²) in [5.41, 5.74) is 0.894. The van der Waals surface area contributed by atoms with Gasteiger partial charge in [0.25, 0.3) is 0 Å². The number of carbonyl (C=O) groups is 1. The van der Waals surface area contributed by atoms with E-state index in [0.717, 1.165) is 29.6 Å². The summed E-state index contributed by atoms with van der Waals surface area (Å²) in [5, 5.41) is 7.23. The Labute approximate surface area is 97.2 Å². The molecule has 82 valence electrons. The average molecular weight is 272 g/mol. The fourth-order valence-electron chi connectivity index (χ4n) is 1.38. The van der Waals surface area contributed by atoms with Crippen LogP contribution >= 0.6 is 15.9 Å². The predicted molar refractivity (Wildman–Crippen MR) is 60.2 cm³/mol. The maximum Gasteiger partial charge on any atom is 0.223 e. The molecule has 5 heteroatoms. The van der Waals surface area contributed by atoms with Crippen LogP contribution in [0, 0.1) is 5.92 Å². The summed E-state index contributed by atoms with van der Waals surface area (Å²) in [4.78, 5) is 11.4. The fraction of sp³-hybridized carbons (Fsp3) is 0.600. The molecule has 4 nitrogen and oxygen atoms in total. The number of aryl methyl sites for hydroxylation is 1. The third kappa shape index (κ3) is 2.59. The van der Waals surface area contributed by atoms with Gasteiger partial charge in [-0.3, -0.25) is 9.48 Å². The van der Waals surface area contributed by atoms with E-state index in [-0.39, 0.29) is 11.8 Å². The Morgan fingerprint density at radius 2 is 2.47 bits per heavy atom. The molecule has 1 fully saturated rings. The van der Waals surface area contributed by atoms with Crippen LogP contribution in [0.1, 0.15) is 25.5 Å². The number of halogens is 1. The highest BCUT2D eigenvalue weighted by Crippen LogP contribution is 2.28. The van der Waals surface area contributed by atoms with Crippen molar-refractivity contribution in [2.45, 2.75) is 32.9 Å². The first-order valence-corrected chi connectivity index (χ1v) is 5.99. The van der Waals surface area contributed by atoms with Gasteiger partial charge in [-0.25, -0.2) is 0 Å². The van der Waals surface area contributed by atoms with Gasteiger partial charge in [-0.2, -0.15) is 5.10 Å². The second-order valence-electron chi connectivity index (χ2n) is 3.77. The van der Waals surface area contributed by atoms with Crippen LogP contribution in [0.25, 0.3) is 0 Å². The van der Waals surface area contributed by atoms with E-state index in [1.807, 2.05) is 17.8 Å². The van der Waals surface area contributed by atoms with Gasteiger partial charge in [0.15, 0.2) is 0 Å². The highest BCUT2D eigenvalue weighted by Gasteiger charge is 2.29. The molecule has 0 spiro atoms. The Balaban J connectivity index is 1.91. The summed E-state index contributed by atoms with van der Waals surface area (Å²) in [6, 6.07) is 0. The molecule has 0 atom stereocenters. The second-order valence-corrected chi connectivity index (χ2v) is 4.63. The quantitative estimate of drug-likeness (QED) is 0.906. The SMILES string of the molecule is CCn1cc(Br)c(CNC(=O)C2CC2)n1. The lowest BCUT2D eigenvalue weighted by molar-refractivity contribution is -0.122. The molecule has 1 aliphatic carbocycles. The molecule has 0 saturated heterocycles. The molecular weight excluding hydrogens is 258 g/mol. The number of nitrogens with zero attached hydrogens (tertiary/aromatic N) is 2. The van der Waals surface area contributed by atoms with E-state index >= 15 is 0 Å². The van der Waals surface area contributed by atoms with Crippen LogP contribution in [-0.2, 0) is 17.9 Å². The Bertz CT molecular complexity index is 371. The molecule has 0 radical (unpaired) electrons. The van der Waals surface area contributed by atoms with Crippen molar-refractivity contribution in [3.05, 3.63) is 16.4 Å². The van der Waals surface area contributed by atoms with E-state index in [0.29, 0.717) is 6.54 Å². The van der Waals surface area contributed by atoms with Gasteiger partial charge in [0.05, 0.1) is 16.7 Å². The van der Waals surface area contributed by atoms with Crippen molar-refractivity contribution >= 4 is 21.8 Å². The lowest BCUT2D eigenvalue weighted by Gasteiger charge is -2.01. The number of nitrogens with one attached hydrogen (secondary N) is 1. The summed E-state index contributed by atoms with van der Waals surface area (Å²) >= 11 is 3.43. The van der Waals surface area contributed by atoms with Crippen LogP contribution in [0.2, 0.25) is 0 Å². The molecule has 1 aromatic heterocycles. The Morgan fingerprint density at radius 3 is 3.00 bits per heavy atom. The Kier molecular flexibility index (Phi) is 3.09. The number of hydrogen-bond acceptors (Lipinski definition) is 2. The van der Waals surface area contributed by atoms with Crippen LogP contribution in [0.15, 0.2) is 10.7 Å². The first-order chi connectivity index (χ1) is 7.20. The minimum atomic E-state index is 0.160. The van der Waals surface area contributed by atoms with E-state index in [2.05, 4.69) is 26.3 Å². The zero-order valence-corrected chi connectivity index (χ0v) is 10.2. The van der Waals surface area contributed by atoms with Gasteiger partial charge >= 0.3 is 0 Å². The maximum absolute atomic E-state index is 11.4. The van der Waals surface area contributed by atoms with Crippen molar-refractivity contribution < 1.29 is 4.79 Å². The lowest BCUT2D eigenvalue weighted by atomic mass is 10.3. The molecule has 1 heterocycles. The number of carbonyl (C=O) groups excluding carboxylic acids is 1. The molecule has 15 heavy (non-hydrogen) atoms. The first kappa shape index (κ1) is 10.7. The van der Waals surface area contributed by atoms with Gasteiger partial charge in [-0.1, -0.05) is 0 Å². The molecule has 1 saturated carbocycles. The third-order valence-electron chi connectivity index (χ3n) is 2.49. The molecule has 0 aliphatic heterocycles. The minimum absolute atomic E-state index is 0.160. The zero-order valence-electron chi connectivity index (χ0n) is 8.66. The molecule has 0 bridgehead atoms. The van der Waals surface area contributed by atoms with E-state index in [1.54, 1.807) is 0 Å². The first-order valence-electron chi connectivity index (χ1n) is 5.20. The highest BCUT2D eigenvalue weighted by molar-refractivity contribution is 9.10. The van der Waals surface area contributed by atoms with E-state index in [9.17, 15) is 4.79 Å². The standard InChI is InChI=1S/C10H14BrN3O/c1-2-14-6-8(11)9(13-14)5-12-10(15)7-3-4-7/h6-7H,2-5H2,1H3,(H,12,15). The molecule has 0 aromatic carbocycles. The van der Waals surface area contributed by atoms with Crippen molar-refractivity contribution in [3.8, 4) is 0 Å². The minimum Gasteiger partial charge on any atom is -0.350 e. The number of rotatable bonds is 4. The lowest BCUT2D eigenvalue weighted by Crippen LogP contribution is -2.24. The number of amides is 1. The second kappa shape index (κ2) is 4.35. The molecule has 1 amide bonds. The Hall–Kier alpha value is -0.840. The Morgan fingerprint density at radius 1 is 1.73 bits per heavy atom.